The lowest BCUT2D eigenvalue weighted by Crippen LogP contribution is -2.00. The number of hydrogen-bond acceptors (Lipinski definition) is 2. The Labute approximate surface area is 96.4 Å². The molecule has 0 aliphatic rings. The van der Waals surface area contributed by atoms with Crippen LogP contribution in [0, 0.1) is 12.8 Å². The third-order valence-corrected chi connectivity index (χ3v) is 2.83. The summed E-state index contributed by atoms with van der Waals surface area (Å²) in [4.78, 5) is 0. The average molecular weight is 231 g/mol. The molecule has 0 saturated heterocycles. The molecule has 0 atom stereocenters. The summed E-state index contributed by atoms with van der Waals surface area (Å²) in [7, 11) is 1.84. The standard InChI is InChI=1S/C11H19ClN2O/c1-8(2)5-6-15-7-10-9(3)13-14(4)11(10)12/h8H,5-7H2,1-4H3. The maximum Gasteiger partial charge on any atom is 0.132 e. The molecule has 0 amide bonds. The predicted octanol–water partition coefficient (Wildman–Crippen LogP) is 2.94. The summed E-state index contributed by atoms with van der Waals surface area (Å²) >= 11 is 6.08. The minimum absolute atomic E-state index is 0.561. The molecule has 1 heterocycles. The molecule has 0 radical (unpaired) electrons. The lowest BCUT2D eigenvalue weighted by molar-refractivity contribution is 0.110. The third kappa shape index (κ3) is 3.50. The first-order valence-electron chi connectivity index (χ1n) is 5.28. The SMILES string of the molecule is Cc1nn(C)c(Cl)c1COCCC(C)C. The van der Waals surface area contributed by atoms with Gasteiger partial charge in [0, 0.05) is 19.2 Å². The molecular weight excluding hydrogens is 212 g/mol. The lowest BCUT2D eigenvalue weighted by atomic mass is 10.1. The molecule has 1 aromatic heterocycles. The van der Waals surface area contributed by atoms with Gasteiger partial charge in [0.15, 0.2) is 0 Å². The number of rotatable bonds is 5. The molecule has 0 saturated carbocycles. The van der Waals surface area contributed by atoms with Crippen LogP contribution < -0.4 is 0 Å². The van der Waals surface area contributed by atoms with E-state index in [0.29, 0.717) is 17.7 Å². The minimum atomic E-state index is 0.561. The molecule has 3 nitrogen and oxygen atoms in total. The predicted molar refractivity (Wildman–Crippen MR) is 62.1 cm³/mol. The Kier molecular flexibility index (Phi) is 4.61. The fourth-order valence-electron chi connectivity index (χ4n) is 1.33. The van der Waals surface area contributed by atoms with E-state index in [0.717, 1.165) is 24.3 Å². The maximum absolute atomic E-state index is 6.08. The summed E-state index contributed by atoms with van der Waals surface area (Å²) in [6.45, 7) is 7.66. The van der Waals surface area contributed by atoms with E-state index in [4.69, 9.17) is 16.3 Å². The van der Waals surface area contributed by atoms with Crippen LogP contribution in [0.2, 0.25) is 5.15 Å². The van der Waals surface area contributed by atoms with Crippen LogP contribution in [-0.2, 0) is 18.4 Å². The van der Waals surface area contributed by atoms with E-state index in [1.807, 2.05) is 14.0 Å². The van der Waals surface area contributed by atoms with Crippen molar-refractivity contribution < 1.29 is 4.74 Å². The van der Waals surface area contributed by atoms with Crippen LogP contribution in [0.15, 0.2) is 0 Å². The molecular formula is C11H19ClN2O. The smallest absolute Gasteiger partial charge is 0.132 e. The Morgan fingerprint density at radius 1 is 1.47 bits per heavy atom. The molecule has 0 spiro atoms. The Morgan fingerprint density at radius 3 is 2.60 bits per heavy atom. The highest BCUT2D eigenvalue weighted by Gasteiger charge is 2.10. The van der Waals surface area contributed by atoms with E-state index < -0.39 is 0 Å². The zero-order valence-electron chi connectivity index (χ0n) is 9.88. The van der Waals surface area contributed by atoms with E-state index in [-0.39, 0.29) is 0 Å². The van der Waals surface area contributed by atoms with Crippen LogP contribution in [0.25, 0.3) is 0 Å². The molecule has 0 unspecified atom stereocenters. The van der Waals surface area contributed by atoms with Gasteiger partial charge in [0.2, 0.25) is 0 Å². The number of hydrogen-bond donors (Lipinski definition) is 0. The van der Waals surface area contributed by atoms with Gasteiger partial charge in [-0.25, -0.2) is 0 Å². The van der Waals surface area contributed by atoms with Gasteiger partial charge in [-0.2, -0.15) is 5.10 Å². The number of aryl methyl sites for hydroxylation is 2. The fourth-order valence-corrected chi connectivity index (χ4v) is 1.56. The van der Waals surface area contributed by atoms with Crippen molar-refractivity contribution in [1.29, 1.82) is 0 Å². The van der Waals surface area contributed by atoms with Gasteiger partial charge in [0.25, 0.3) is 0 Å². The van der Waals surface area contributed by atoms with Crippen molar-refractivity contribution in [3.05, 3.63) is 16.4 Å². The third-order valence-electron chi connectivity index (χ3n) is 2.36. The quantitative estimate of drug-likeness (QED) is 0.728. The average Bonchev–Trinajstić information content (AvgIpc) is 2.37. The Morgan fingerprint density at radius 2 is 2.13 bits per heavy atom. The Bertz CT molecular complexity index is 321. The van der Waals surface area contributed by atoms with Gasteiger partial charge >= 0.3 is 0 Å². The first kappa shape index (κ1) is 12.5. The van der Waals surface area contributed by atoms with Gasteiger partial charge in [0.1, 0.15) is 5.15 Å². The molecule has 0 N–H and O–H groups in total. The van der Waals surface area contributed by atoms with Crippen LogP contribution in [-0.4, -0.2) is 16.4 Å². The van der Waals surface area contributed by atoms with Gasteiger partial charge in [-0.05, 0) is 19.3 Å². The number of nitrogens with zero attached hydrogens (tertiary/aromatic N) is 2. The van der Waals surface area contributed by atoms with Crippen LogP contribution in [0.5, 0.6) is 0 Å². The molecule has 1 rings (SSSR count). The van der Waals surface area contributed by atoms with Crippen molar-refractivity contribution in [3.63, 3.8) is 0 Å². The lowest BCUT2D eigenvalue weighted by Gasteiger charge is -2.06. The molecule has 86 valence electrons. The molecule has 0 aliphatic heterocycles. The Hall–Kier alpha value is -0.540. The molecule has 0 fully saturated rings. The largest absolute Gasteiger partial charge is 0.377 e. The highest BCUT2D eigenvalue weighted by Crippen LogP contribution is 2.19. The second-order valence-electron chi connectivity index (χ2n) is 4.21. The number of halogens is 1. The summed E-state index contributed by atoms with van der Waals surface area (Å²) in [5.74, 6) is 0.676. The van der Waals surface area contributed by atoms with Gasteiger partial charge in [-0.1, -0.05) is 25.4 Å². The maximum atomic E-state index is 6.08. The van der Waals surface area contributed by atoms with Crippen molar-refractivity contribution in [2.45, 2.75) is 33.8 Å². The first-order chi connectivity index (χ1) is 7.02. The van der Waals surface area contributed by atoms with Crippen molar-refractivity contribution in [2.24, 2.45) is 13.0 Å². The molecule has 0 bridgehead atoms. The topological polar surface area (TPSA) is 27.1 Å². The summed E-state index contributed by atoms with van der Waals surface area (Å²) in [5, 5.41) is 4.91. The van der Waals surface area contributed by atoms with E-state index in [9.17, 15) is 0 Å². The van der Waals surface area contributed by atoms with Gasteiger partial charge in [-0.3, -0.25) is 4.68 Å². The highest BCUT2D eigenvalue weighted by molar-refractivity contribution is 6.30. The van der Waals surface area contributed by atoms with Gasteiger partial charge in [0.05, 0.1) is 12.3 Å². The fraction of sp³-hybridized carbons (Fsp3) is 0.727. The molecule has 4 heteroatoms. The van der Waals surface area contributed by atoms with Crippen molar-refractivity contribution >= 4 is 11.6 Å². The molecule has 0 aliphatic carbocycles. The second kappa shape index (κ2) is 5.52. The van der Waals surface area contributed by atoms with Crippen molar-refractivity contribution in [3.8, 4) is 0 Å². The van der Waals surface area contributed by atoms with Crippen LogP contribution in [0.3, 0.4) is 0 Å². The zero-order chi connectivity index (χ0) is 11.4. The highest BCUT2D eigenvalue weighted by atomic mass is 35.5. The monoisotopic (exact) mass is 230 g/mol. The van der Waals surface area contributed by atoms with E-state index in [1.54, 1.807) is 4.68 Å². The van der Waals surface area contributed by atoms with Crippen LogP contribution >= 0.6 is 11.6 Å². The van der Waals surface area contributed by atoms with Gasteiger partial charge in [-0.15, -0.1) is 0 Å². The van der Waals surface area contributed by atoms with Crippen LogP contribution in [0.1, 0.15) is 31.5 Å². The van der Waals surface area contributed by atoms with E-state index in [1.165, 1.54) is 0 Å². The summed E-state index contributed by atoms with van der Waals surface area (Å²) < 4.78 is 7.25. The molecule has 1 aromatic rings. The summed E-state index contributed by atoms with van der Waals surface area (Å²) in [6.07, 6.45) is 1.08. The van der Waals surface area contributed by atoms with E-state index in [2.05, 4.69) is 18.9 Å². The van der Waals surface area contributed by atoms with Crippen molar-refractivity contribution in [2.75, 3.05) is 6.61 Å². The first-order valence-corrected chi connectivity index (χ1v) is 5.66. The minimum Gasteiger partial charge on any atom is -0.377 e. The molecule has 0 aromatic carbocycles. The summed E-state index contributed by atoms with van der Waals surface area (Å²) in [5.41, 5.74) is 1.95. The molecule has 15 heavy (non-hydrogen) atoms. The van der Waals surface area contributed by atoms with E-state index >= 15 is 0 Å². The van der Waals surface area contributed by atoms with Crippen molar-refractivity contribution in [1.82, 2.24) is 9.78 Å². The number of aromatic nitrogens is 2. The normalized spacial score (nSPS) is 11.3. The zero-order valence-corrected chi connectivity index (χ0v) is 10.6. The summed E-state index contributed by atoms with van der Waals surface area (Å²) in [6, 6.07) is 0. The van der Waals surface area contributed by atoms with Crippen LogP contribution in [0.4, 0.5) is 0 Å². The number of ether oxygens (including phenoxy) is 1. The van der Waals surface area contributed by atoms with Gasteiger partial charge < -0.3 is 4.74 Å². The second-order valence-corrected chi connectivity index (χ2v) is 4.57. The Balaban J connectivity index is 2.44.